The minimum Gasteiger partial charge on any atom is -0.378 e. The van der Waals surface area contributed by atoms with Gasteiger partial charge in [-0.1, -0.05) is 13.8 Å². The molecule has 1 heterocycles. The van der Waals surface area contributed by atoms with E-state index in [0.717, 1.165) is 0 Å². The van der Waals surface area contributed by atoms with E-state index in [2.05, 4.69) is 15.4 Å². The van der Waals surface area contributed by atoms with E-state index in [9.17, 15) is 18.0 Å². The van der Waals surface area contributed by atoms with Gasteiger partial charge in [0, 0.05) is 18.4 Å². The summed E-state index contributed by atoms with van der Waals surface area (Å²) in [6.07, 6.45) is -4.58. The summed E-state index contributed by atoms with van der Waals surface area (Å²) in [5.74, 6) is -2.38. The molecule has 0 saturated heterocycles. The second kappa shape index (κ2) is 6.25. The number of hydrogen-bond donors (Lipinski definition) is 3. The average molecular weight is 358 g/mol. The Bertz CT molecular complexity index is 577. The van der Waals surface area contributed by atoms with Crippen LogP contribution in [0.2, 0.25) is 0 Å². The lowest BCUT2D eigenvalue weighted by Gasteiger charge is -2.57. The molecule has 0 radical (unpaired) electrons. The molecule has 1 saturated carbocycles. The van der Waals surface area contributed by atoms with Crippen molar-refractivity contribution >= 4 is 24.3 Å². The van der Waals surface area contributed by atoms with Gasteiger partial charge in [0.1, 0.15) is 5.54 Å². The summed E-state index contributed by atoms with van der Waals surface area (Å²) < 4.78 is 42.8. The van der Waals surface area contributed by atoms with Crippen molar-refractivity contribution in [3.8, 4) is 0 Å². The Labute approximate surface area is 137 Å². The third-order valence-corrected chi connectivity index (χ3v) is 4.21. The van der Waals surface area contributed by atoms with Gasteiger partial charge < -0.3 is 10.5 Å². The fraction of sp³-hybridized carbons (Fsp3) is 0.750. The number of halogens is 4. The molecule has 1 fully saturated rings. The van der Waals surface area contributed by atoms with E-state index < -0.39 is 34.8 Å². The standard InChI is InChI=1S/C12H18F3N5O2.ClH/c1-4-22-6-5-11(16,10(6,2)3)8(21)18-9-17-7(19-20-9)12(13,14)15;/h6H,4-5,16H2,1-3H3,(H2,17,18,19,20,21);1H. The number of nitrogens with zero attached hydrogens (tertiary/aromatic N) is 2. The van der Waals surface area contributed by atoms with Gasteiger partial charge in [0.2, 0.25) is 17.7 Å². The van der Waals surface area contributed by atoms with Crippen molar-refractivity contribution in [2.75, 3.05) is 11.9 Å². The first-order chi connectivity index (χ1) is 10.0. The van der Waals surface area contributed by atoms with E-state index in [0.29, 0.717) is 6.61 Å². The van der Waals surface area contributed by atoms with E-state index in [1.165, 1.54) is 0 Å². The molecule has 0 aliphatic heterocycles. The summed E-state index contributed by atoms with van der Waals surface area (Å²) in [4.78, 5) is 15.5. The number of hydrogen-bond acceptors (Lipinski definition) is 5. The van der Waals surface area contributed by atoms with Crippen LogP contribution in [-0.4, -0.2) is 39.3 Å². The molecule has 2 unspecified atom stereocenters. The number of rotatable bonds is 4. The quantitative estimate of drug-likeness (QED) is 0.760. The molecular formula is C12H19ClF3N5O2. The molecule has 1 aromatic heterocycles. The number of amides is 1. The smallest absolute Gasteiger partial charge is 0.378 e. The van der Waals surface area contributed by atoms with E-state index in [-0.39, 0.29) is 24.9 Å². The Balaban J connectivity index is 0.00000264. The van der Waals surface area contributed by atoms with E-state index >= 15 is 0 Å². The van der Waals surface area contributed by atoms with Crippen molar-refractivity contribution in [2.24, 2.45) is 11.1 Å². The third kappa shape index (κ3) is 3.29. The number of H-pyrrole nitrogens is 1. The lowest BCUT2D eigenvalue weighted by Crippen LogP contribution is -2.74. The Morgan fingerprint density at radius 3 is 2.57 bits per heavy atom. The number of aromatic nitrogens is 3. The Kier molecular flexibility index (Phi) is 5.34. The van der Waals surface area contributed by atoms with E-state index in [1.54, 1.807) is 18.9 Å². The largest absolute Gasteiger partial charge is 0.451 e. The minimum atomic E-state index is -4.66. The number of aromatic amines is 1. The predicted molar refractivity (Wildman–Crippen MR) is 78.0 cm³/mol. The van der Waals surface area contributed by atoms with Crippen LogP contribution in [0.1, 0.15) is 33.0 Å². The Morgan fingerprint density at radius 1 is 1.52 bits per heavy atom. The number of ether oxygens (including phenoxy) is 1. The molecule has 0 aromatic carbocycles. The molecule has 1 aromatic rings. The summed E-state index contributed by atoms with van der Waals surface area (Å²) in [5.41, 5.74) is 4.19. The highest BCUT2D eigenvalue weighted by Gasteiger charge is 2.63. The molecule has 1 amide bonds. The first-order valence-corrected chi connectivity index (χ1v) is 6.74. The number of nitrogens with two attached hydrogens (primary N) is 1. The van der Waals surface area contributed by atoms with Gasteiger partial charge in [0.15, 0.2) is 0 Å². The molecule has 2 rings (SSSR count). The predicted octanol–water partition coefficient (Wildman–Crippen LogP) is 1.72. The van der Waals surface area contributed by atoms with Crippen molar-refractivity contribution in [1.82, 2.24) is 15.2 Å². The van der Waals surface area contributed by atoms with Crippen molar-refractivity contribution in [1.29, 1.82) is 0 Å². The lowest BCUT2D eigenvalue weighted by atomic mass is 9.54. The van der Waals surface area contributed by atoms with Crippen molar-refractivity contribution in [2.45, 2.75) is 45.0 Å². The normalized spacial score (nSPS) is 26.1. The van der Waals surface area contributed by atoms with Crippen molar-refractivity contribution < 1.29 is 22.7 Å². The maximum absolute atomic E-state index is 12.4. The van der Waals surface area contributed by atoms with Crippen LogP contribution in [0, 0.1) is 5.41 Å². The number of carbonyl (C=O) groups is 1. The molecule has 1 aliphatic carbocycles. The number of carbonyl (C=O) groups excluding carboxylic acids is 1. The van der Waals surface area contributed by atoms with Gasteiger partial charge in [0.25, 0.3) is 0 Å². The average Bonchev–Trinajstić information content (AvgIpc) is 2.86. The van der Waals surface area contributed by atoms with Crippen LogP contribution < -0.4 is 11.1 Å². The van der Waals surface area contributed by atoms with Crippen LogP contribution in [0.4, 0.5) is 19.1 Å². The summed E-state index contributed by atoms with van der Waals surface area (Å²) in [5, 5.41) is 7.27. The van der Waals surface area contributed by atoms with Gasteiger partial charge in [-0.3, -0.25) is 15.2 Å². The zero-order valence-electron chi connectivity index (χ0n) is 12.8. The summed E-state index contributed by atoms with van der Waals surface area (Å²) in [7, 11) is 0. The van der Waals surface area contributed by atoms with Crippen LogP contribution in [0.5, 0.6) is 0 Å². The van der Waals surface area contributed by atoms with Crippen molar-refractivity contribution in [3.05, 3.63) is 5.82 Å². The molecule has 23 heavy (non-hydrogen) atoms. The lowest BCUT2D eigenvalue weighted by molar-refractivity contribution is -0.166. The van der Waals surface area contributed by atoms with E-state index in [1.807, 2.05) is 6.92 Å². The maximum atomic E-state index is 12.4. The molecule has 7 nitrogen and oxygen atoms in total. The zero-order chi connectivity index (χ0) is 16.8. The highest BCUT2D eigenvalue weighted by molar-refractivity contribution is 5.98. The molecule has 0 bridgehead atoms. The summed E-state index contributed by atoms with van der Waals surface area (Å²) >= 11 is 0. The molecule has 0 spiro atoms. The summed E-state index contributed by atoms with van der Waals surface area (Å²) in [6.45, 7) is 5.87. The van der Waals surface area contributed by atoms with Gasteiger partial charge >= 0.3 is 6.18 Å². The fourth-order valence-corrected chi connectivity index (χ4v) is 2.48. The Morgan fingerprint density at radius 2 is 2.13 bits per heavy atom. The Hall–Kier alpha value is -1.39. The molecule has 132 valence electrons. The topological polar surface area (TPSA) is 106 Å². The molecule has 2 atom stereocenters. The van der Waals surface area contributed by atoms with Gasteiger partial charge in [-0.2, -0.15) is 18.2 Å². The molecule has 1 aliphatic rings. The van der Waals surface area contributed by atoms with E-state index in [4.69, 9.17) is 10.5 Å². The molecular weight excluding hydrogens is 339 g/mol. The number of alkyl halides is 3. The molecule has 11 heteroatoms. The van der Waals surface area contributed by atoms with Crippen LogP contribution in [-0.2, 0) is 15.7 Å². The monoisotopic (exact) mass is 357 g/mol. The van der Waals surface area contributed by atoms with Gasteiger partial charge in [-0.15, -0.1) is 17.5 Å². The second-order valence-electron chi connectivity index (χ2n) is 5.80. The summed E-state index contributed by atoms with van der Waals surface area (Å²) in [6, 6.07) is 0. The van der Waals surface area contributed by atoms with Gasteiger partial charge in [-0.05, 0) is 6.92 Å². The maximum Gasteiger partial charge on any atom is 0.451 e. The minimum absolute atomic E-state index is 0. The molecule has 4 N–H and O–H groups in total. The first-order valence-electron chi connectivity index (χ1n) is 6.74. The van der Waals surface area contributed by atoms with Crippen LogP contribution >= 0.6 is 12.4 Å². The fourth-order valence-electron chi connectivity index (χ4n) is 2.48. The highest BCUT2D eigenvalue weighted by atomic mass is 35.5. The zero-order valence-corrected chi connectivity index (χ0v) is 13.6. The third-order valence-electron chi connectivity index (χ3n) is 4.21. The van der Waals surface area contributed by atoms with Crippen LogP contribution in [0.3, 0.4) is 0 Å². The number of anilines is 1. The second-order valence-corrected chi connectivity index (χ2v) is 5.80. The van der Waals surface area contributed by atoms with Crippen molar-refractivity contribution in [3.63, 3.8) is 0 Å². The van der Waals surface area contributed by atoms with Gasteiger partial charge in [0.05, 0.1) is 6.10 Å². The first kappa shape index (κ1) is 19.7. The van der Waals surface area contributed by atoms with Crippen LogP contribution in [0.15, 0.2) is 0 Å². The highest BCUT2D eigenvalue weighted by Crippen LogP contribution is 2.50. The SMILES string of the molecule is CCOC1CC(N)(C(=O)Nc2n[nH]c(C(F)(F)F)n2)C1(C)C.Cl. The van der Waals surface area contributed by atoms with Crippen LogP contribution in [0.25, 0.3) is 0 Å². The number of nitrogens with one attached hydrogen (secondary N) is 2. The van der Waals surface area contributed by atoms with Gasteiger partial charge in [-0.25, -0.2) is 0 Å².